The minimum Gasteiger partial charge on any atom is -0.494 e. The lowest BCUT2D eigenvalue weighted by atomic mass is 10.3. The van der Waals surface area contributed by atoms with Gasteiger partial charge in [0.25, 0.3) is 10.0 Å². The molecular formula is C16H19NO5S2. The van der Waals surface area contributed by atoms with Gasteiger partial charge < -0.3 is 9.47 Å². The third-order valence-corrected chi connectivity index (χ3v) is 5.70. The van der Waals surface area contributed by atoms with E-state index in [0.717, 1.165) is 11.3 Å². The first-order valence-electron chi connectivity index (χ1n) is 7.40. The molecule has 1 N–H and O–H groups in total. The minimum absolute atomic E-state index is 0.120. The standard InChI is InChI=1S/C16H19NO5S2/c1-4-21-12-6-8-13(9-7-12)24(19,20)17-14-10-11(3)15(23-14)16(18)22-5-2/h6-10,17H,4-5H2,1-3H3. The van der Waals surface area contributed by atoms with Crippen LogP contribution in [0.4, 0.5) is 5.00 Å². The summed E-state index contributed by atoms with van der Waals surface area (Å²) in [4.78, 5) is 12.3. The molecule has 0 amide bonds. The Morgan fingerprint density at radius 1 is 1.17 bits per heavy atom. The average Bonchev–Trinajstić information content (AvgIpc) is 2.88. The van der Waals surface area contributed by atoms with E-state index in [0.29, 0.717) is 27.8 Å². The quantitative estimate of drug-likeness (QED) is 0.756. The summed E-state index contributed by atoms with van der Waals surface area (Å²) in [6.07, 6.45) is 0. The largest absolute Gasteiger partial charge is 0.494 e. The van der Waals surface area contributed by atoms with Gasteiger partial charge in [0.2, 0.25) is 0 Å². The van der Waals surface area contributed by atoms with Crippen LogP contribution < -0.4 is 9.46 Å². The number of sulfonamides is 1. The average molecular weight is 369 g/mol. The zero-order valence-corrected chi connectivity index (χ0v) is 15.3. The van der Waals surface area contributed by atoms with E-state index in [-0.39, 0.29) is 11.5 Å². The number of ether oxygens (including phenoxy) is 2. The highest BCUT2D eigenvalue weighted by molar-refractivity contribution is 7.93. The summed E-state index contributed by atoms with van der Waals surface area (Å²) in [6.45, 7) is 6.08. The number of thiophene rings is 1. The third kappa shape index (κ3) is 4.27. The van der Waals surface area contributed by atoms with Crippen LogP contribution in [0.15, 0.2) is 35.2 Å². The Morgan fingerprint density at radius 3 is 2.42 bits per heavy atom. The maximum absolute atomic E-state index is 12.4. The zero-order chi connectivity index (χ0) is 17.7. The van der Waals surface area contributed by atoms with Crippen LogP contribution in [0.2, 0.25) is 0 Å². The third-order valence-electron chi connectivity index (χ3n) is 3.06. The number of aryl methyl sites for hydroxylation is 1. The molecule has 0 aliphatic heterocycles. The van der Waals surface area contributed by atoms with E-state index in [2.05, 4.69) is 4.72 Å². The molecule has 130 valence electrons. The van der Waals surface area contributed by atoms with Crippen LogP contribution >= 0.6 is 11.3 Å². The first-order valence-corrected chi connectivity index (χ1v) is 9.70. The number of hydrogen-bond donors (Lipinski definition) is 1. The number of carbonyl (C=O) groups excluding carboxylic acids is 1. The van der Waals surface area contributed by atoms with Gasteiger partial charge in [0.1, 0.15) is 15.6 Å². The summed E-state index contributed by atoms with van der Waals surface area (Å²) < 4.78 is 37.6. The van der Waals surface area contributed by atoms with Gasteiger partial charge in [-0.1, -0.05) is 0 Å². The number of benzene rings is 1. The van der Waals surface area contributed by atoms with E-state index >= 15 is 0 Å². The molecule has 1 aromatic carbocycles. The number of carbonyl (C=O) groups is 1. The summed E-state index contributed by atoms with van der Waals surface area (Å²) in [5.74, 6) is 0.152. The molecule has 0 bridgehead atoms. The lowest BCUT2D eigenvalue weighted by molar-refractivity contribution is 0.0531. The summed E-state index contributed by atoms with van der Waals surface area (Å²) in [5, 5.41) is 0.365. The number of anilines is 1. The molecule has 2 aromatic rings. The Morgan fingerprint density at radius 2 is 1.83 bits per heavy atom. The molecule has 0 radical (unpaired) electrons. The van der Waals surface area contributed by atoms with E-state index in [9.17, 15) is 13.2 Å². The van der Waals surface area contributed by atoms with Crippen molar-refractivity contribution < 1.29 is 22.7 Å². The second-order valence-corrected chi connectivity index (χ2v) is 7.59. The van der Waals surface area contributed by atoms with Gasteiger partial charge >= 0.3 is 5.97 Å². The summed E-state index contributed by atoms with van der Waals surface area (Å²) in [6, 6.07) is 7.76. The fraction of sp³-hybridized carbons (Fsp3) is 0.312. The van der Waals surface area contributed by atoms with E-state index in [1.54, 1.807) is 32.0 Å². The smallest absolute Gasteiger partial charge is 0.348 e. The van der Waals surface area contributed by atoms with Gasteiger partial charge in [0.05, 0.1) is 18.1 Å². The van der Waals surface area contributed by atoms with E-state index in [4.69, 9.17) is 9.47 Å². The fourth-order valence-corrected chi connectivity index (χ4v) is 4.25. The lowest BCUT2D eigenvalue weighted by Crippen LogP contribution is -2.11. The lowest BCUT2D eigenvalue weighted by Gasteiger charge is -2.07. The topological polar surface area (TPSA) is 81.7 Å². The van der Waals surface area contributed by atoms with Gasteiger partial charge in [-0.25, -0.2) is 13.2 Å². The Hall–Kier alpha value is -2.06. The first-order chi connectivity index (χ1) is 11.4. The Bertz CT molecular complexity index is 809. The van der Waals surface area contributed by atoms with E-state index in [1.165, 1.54) is 12.1 Å². The molecular weight excluding hydrogens is 350 g/mol. The van der Waals surface area contributed by atoms with Crippen LogP contribution in [-0.2, 0) is 14.8 Å². The molecule has 0 unspecified atom stereocenters. The molecule has 8 heteroatoms. The molecule has 0 fully saturated rings. The van der Waals surface area contributed by atoms with Crippen LogP contribution in [0.1, 0.15) is 29.1 Å². The van der Waals surface area contributed by atoms with Crippen LogP contribution in [0.5, 0.6) is 5.75 Å². The molecule has 2 rings (SSSR count). The number of esters is 1. The molecule has 0 saturated carbocycles. The first kappa shape index (κ1) is 18.3. The second kappa shape index (κ2) is 7.67. The predicted molar refractivity (Wildman–Crippen MR) is 93.4 cm³/mol. The molecule has 0 saturated heterocycles. The van der Waals surface area contributed by atoms with Gasteiger partial charge in [-0.2, -0.15) is 0 Å². The van der Waals surface area contributed by atoms with Crippen molar-refractivity contribution in [3.8, 4) is 5.75 Å². The highest BCUT2D eigenvalue weighted by Crippen LogP contribution is 2.29. The summed E-state index contributed by atoms with van der Waals surface area (Å²) in [5.41, 5.74) is 0.669. The van der Waals surface area contributed by atoms with Crippen molar-refractivity contribution in [2.75, 3.05) is 17.9 Å². The molecule has 1 heterocycles. The maximum atomic E-state index is 12.4. The van der Waals surface area contributed by atoms with E-state index in [1.807, 2.05) is 6.92 Å². The summed E-state index contributed by atoms with van der Waals surface area (Å²) in [7, 11) is -3.73. The zero-order valence-electron chi connectivity index (χ0n) is 13.7. The van der Waals surface area contributed by atoms with Crippen molar-refractivity contribution in [1.82, 2.24) is 0 Å². The molecule has 0 atom stereocenters. The Balaban J connectivity index is 2.20. The maximum Gasteiger partial charge on any atom is 0.348 e. The van der Waals surface area contributed by atoms with Crippen molar-refractivity contribution in [2.45, 2.75) is 25.7 Å². The molecule has 0 aliphatic rings. The van der Waals surface area contributed by atoms with Crippen LogP contribution in [-0.4, -0.2) is 27.6 Å². The highest BCUT2D eigenvalue weighted by atomic mass is 32.2. The van der Waals surface area contributed by atoms with Crippen molar-refractivity contribution in [3.05, 3.63) is 40.8 Å². The Labute approximate surface area is 145 Å². The van der Waals surface area contributed by atoms with Crippen LogP contribution in [0.3, 0.4) is 0 Å². The molecule has 6 nitrogen and oxygen atoms in total. The van der Waals surface area contributed by atoms with Crippen LogP contribution in [0.25, 0.3) is 0 Å². The Kier molecular flexibility index (Phi) is 5.84. The minimum atomic E-state index is -3.73. The summed E-state index contributed by atoms with van der Waals surface area (Å²) >= 11 is 1.05. The normalized spacial score (nSPS) is 11.1. The molecule has 0 spiro atoms. The highest BCUT2D eigenvalue weighted by Gasteiger charge is 2.19. The van der Waals surface area contributed by atoms with Gasteiger partial charge in [-0.15, -0.1) is 11.3 Å². The van der Waals surface area contributed by atoms with Crippen molar-refractivity contribution in [2.24, 2.45) is 0 Å². The van der Waals surface area contributed by atoms with Gasteiger partial charge in [-0.3, -0.25) is 4.72 Å². The number of hydrogen-bond acceptors (Lipinski definition) is 6. The van der Waals surface area contributed by atoms with Gasteiger partial charge in [0.15, 0.2) is 0 Å². The monoisotopic (exact) mass is 369 g/mol. The molecule has 1 aromatic heterocycles. The van der Waals surface area contributed by atoms with Crippen molar-refractivity contribution in [3.63, 3.8) is 0 Å². The number of rotatable bonds is 7. The number of nitrogens with one attached hydrogen (secondary N) is 1. The predicted octanol–water partition coefficient (Wildman–Crippen LogP) is 3.43. The fourth-order valence-electron chi connectivity index (χ4n) is 2.00. The molecule has 24 heavy (non-hydrogen) atoms. The van der Waals surface area contributed by atoms with Gasteiger partial charge in [0, 0.05) is 0 Å². The van der Waals surface area contributed by atoms with Crippen molar-refractivity contribution >= 4 is 32.3 Å². The second-order valence-electron chi connectivity index (χ2n) is 4.85. The van der Waals surface area contributed by atoms with Crippen molar-refractivity contribution in [1.29, 1.82) is 0 Å². The van der Waals surface area contributed by atoms with Gasteiger partial charge in [-0.05, 0) is 56.7 Å². The SMILES string of the molecule is CCOC(=O)c1sc(NS(=O)(=O)c2ccc(OCC)cc2)cc1C. The van der Waals surface area contributed by atoms with E-state index < -0.39 is 16.0 Å². The molecule has 0 aliphatic carbocycles. The van der Waals surface area contributed by atoms with Crippen LogP contribution in [0, 0.1) is 6.92 Å².